The number of benzene rings is 1. The molecular weight excluding hydrogens is 287 g/mol. The fourth-order valence-corrected chi connectivity index (χ4v) is 2.98. The Morgan fingerprint density at radius 1 is 1.33 bits per heavy atom. The van der Waals surface area contributed by atoms with Crippen LogP contribution in [0.3, 0.4) is 0 Å². The SMILES string of the molecule is CNC(Cc1nccs1)Cc1ccc(Cl)cc1Cl. The van der Waals surface area contributed by atoms with Crippen LogP contribution in [-0.2, 0) is 12.8 Å². The normalized spacial score (nSPS) is 12.6. The monoisotopic (exact) mass is 300 g/mol. The van der Waals surface area contributed by atoms with Crippen LogP contribution >= 0.6 is 34.5 Å². The minimum atomic E-state index is 0.329. The number of nitrogens with zero attached hydrogens (tertiary/aromatic N) is 1. The summed E-state index contributed by atoms with van der Waals surface area (Å²) in [5.74, 6) is 0. The largest absolute Gasteiger partial charge is 0.316 e. The van der Waals surface area contributed by atoms with E-state index in [1.165, 1.54) is 0 Å². The topological polar surface area (TPSA) is 24.9 Å². The third-order valence-electron chi connectivity index (χ3n) is 2.79. The van der Waals surface area contributed by atoms with Gasteiger partial charge in [-0.3, -0.25) is 0 Å². The van der Waals surface area contributed by atoms with Crippen LogP contribution < -0.4 is 5.32 Å². The van der Waals surface area contributed by atoms with Gasteiger partial charge in [-0.15, -0.1) is 11.3 Å². The minimum Gasteiger partial charge on any atom is -0.316 e. The van der Waals surface area contributed by atoms with Crippen molar-refractivity contribution in [3.05, 3.63) is 50.4 Å². The zero-order valence-corrected chi connectivity index (χ0v) is 12.3. The lowest BCUT2D eigenvalue weighted by Crippen LogP contribution is -2.29. The molecule has 1 unspecified atom stereocenters. The van der Waals surface area contributed by atoms with Crippen molar-refractivity contribution in [1.82, 2.24) is 10.3 Å². The lowest BCUT2D eigenvalue weighted by molar-refractivity contribution is 0.555. The van der Waals surface area contributed by atoms with E-state index in [9.17, 15) is 0 Å². The van der Waals surface area contributed by atoms with Crippen molar-refractivity contribution in [2.24, 2.45) is 0 Å². The summed E-state index contributed by atoms with van der Waals surface area (Å²) in [6.45, 7) is 0. The first kappa shape index (κ1) is 13.8. The van der Waals surface area contributed by atoms with Crippen LogP contribution in [0.15, 0.2) is 29.8 Å². The van der Waals surface area contributed by atoms with E-state index in [2.05, 4.69) is 10.3 Å². The van der Waals surface area contributed by atoms with Crippen molar-refractivity contribution in [2.45, 2.75) is 18.9 Å². The van der Waals surface area contributed by atoms with E-state index in [-0.39, 0.29) is 0 Å². The van der Waals surface area contributed by atoms with Crippen molar-refractivity contribution in [1.29, 1.82) is 0 Å². The van der Waals surface area contributed by atoms with E-state index in [1.807, 2.05) is 30.8 Å². The number of halogens is 2. The molecule has 1 heterocycles. The third-order valence-corrected chi connectivity index (χ3v) is 4.18. The number of hydrogen-bond donors (Lipinski definition) is 1. The molecule has 5 heteroatoms. The Labute approximate surface area is 121 Å². The molecule has 0 aliphatic heterocycles. The van der Waals surface area contributed by atoms with Crippen molar-refractivity contribution in [2.75, 3.05) is 7.05 Å². The van der Waals surface area contributed by atoms with Crippen LogP contribution in [0.5, 0.6) is 0 Å². The molecule has 2 aromatic rings. The van der Waals surface area contributed by atoms with Crippen LogP contribution in [0, 0.1) is 0 Å². The Kier molecular flexibility index (Phi) is 5.01. The van der Waals surface area contributed by atoms with E-state index < -0.39 is 0 Å². The highest BCUT2D eigenvalue weighted by Crippen LogP contribution is 2.23. The van der Waals surface area contributed by atoms with Crippen LogP contribution in [0.1, 0.15) is 10.6 Å². The highest BCUT2D eigenvalue weighted by molar-refractivity contribution is 7.09. The predicted octanol–water partition coefficient (Wildman–Crippen LogP) is 3.82. The van der Waals surface area contributed by atoms with E-state index >= 15 is 0 Å². The molecular formula is C13H14Cl2N2S. The molecule has 0 amide bonds. The molecule has 0 bridgehead atoms. The fraction of sp³-hybridized carbons (Fsp3) is 0.308. The summed E-state index contributed by atoms with van der Waals surface area (Å²) in [7, 11) is 1.96. The van der Waals surface area contributed by atoms with Gasteiger partial charge in [0.2, 0.25) is 0 Å². The number of nitrogens with one attached hydrogen (secondary N) is 1. The second-order valence-electron chi connectivity index (χ2n) is 4.06. The molecule has 0 radical (unpaired) electrons. The van der Waals surface area contributed by atoms with Gasteiger partial charge >= 0.3 is 0 Å². The molecule has 1 aromatic carbocycles. The average Bonchev–Trinajstić information content (AvgIpc) is 2.84. The first-order valence-corrected chi connectivity index (χ1v) is 7.32. The van der Waals surface area contributed by atoms with Gasteiger partial charge in [-0.25, -0.2) is 4.98 Å². The fourth-order valence-electron chi connectivity index (χ4n) is 1.79. The van der Waals surface area contributed by atoms with Crippen molar-refractivity contribution in [3.63, 3.8) is 0 Å². The summed E-state index contributed by atoms with van der Waals surface area (Å²) in [6, 6.07) is 5.97. The molecule has 0 saturated carbocycles. The summed E-state index contributed by atoms with van der Waals surface area (Å²) >= 11 is 13.8. The Morgan fingerprint density at radius 2 is 2.17 bits per heavy atom. The Balaban J connectivity index is 2.05. The van der Waals surface area contributed by atoms with Gasteiger partial charge in [-0.2, -0.15) is 0 Å². The molecule has 0 aliphatic carbocycles. The summed E-state index contributed by atoms with van der Waals surface area (Å²) in [6.07, 6.45) is 3.61. The second kappa shape index (κ2) is 6.53. The number of hydrogen-bond acceptors (Lipinski definition) is 3. The first-order chi connectivity index (χ1) is 8.69. The number of rotatable bonds is 5. The van der Waals surface area contributed by atoms with Gasteiger partial charge in [0.05, 0.1) is 5.01 Å². The van der Waals surface area contributed by atoms with Crippen LogP contribution in [0.2, 0.25) is 10.0 Å². The van der Waals surface area contributed by atoms with Gasteiger partial charge < -0.3 is 5.32 Å². The van der Waals surface area contributed by atoms with Gasteiger partial charge in [0, 0.05) is 34.1 Å². The molecule has 0 aliphatic rings. The smallest absolute Gasteiger partial charge is 0.0940 e. The maximum atomic E-state index is 6.19. The summed E-state index contributed by atoms with van der Waals surface area (Å²) < 4.78 is 0. The van der Waals surface area contributed by atoms with E-state index in [0.29, 0.717) is 11.1 Å². The zero-order chi connectivity index (χ0) is 13.0. The zero-order valence-electron chi connectivity index (χ0n) is 9.99. The summed E-state index contributed by atoms with van der Waals surface area (Å²) in [4.78, 5) is 4.31. The third kappa shape index (κ3) is 3.69. The highest BCUT2D eigenvalue weighted by atomic mass is 35.5. The molecule has 18 heavy (non-hydrogen) atoms. The molecule has 96 valence electrons. The molecule has 1 atom stereocenters. The first-order valence-electron chi connectivity index (χ1n) is 5.68. The van der Waals surface area contributed by atoms with Crippen LogP contribution in [0.25, 0.3) is 0 Å². The molecule has 0 saturated heterocycles. The van der Waals surface area contributed by atoms with Gasteiger partial charge in [0.1, 0.15) is 0 Å². The van der Waals surface area contributed by atoms with Gasteiger partial charge in [0.15, 0.2) is 0 Å². The quantitative estimate of drug-likeness (QED) is 0.908. The van der Waals surface area contributed by atoms with Gasteiger partial charge in [-0.1, -0.05) is 29.3 Å². The molecule has 2 nitrogen and oxygen atoms in total. The maximum absolute atomic E-state index is 6.19. The molecule has 1 N–H and O–H groups in total. The summed E-state index contributed by atoms with van der Waals surface area (Å²) in [5.41, 5.74) is 1.11. The minimum absolute atomic E-state index is 0.329. The van der Waals surface area contributed by atoms with Crippen molar-refractivity contribution in [3.8, 4) is 0 Å². The van der Waals surface area contributed by atoms with Gasteiger partial charge in [-0.05, 0) is 31.2 Å². The predicted molar refractivity (Wildman–Crippen MR) is 78.8 cm³/mol. The molecule has 0 fully saturated rings. The molecule has 1 aromatic heterocycles. The highest BCUT2D eigenvalue weighted by Gasteiger charge is 2.12. The number of likely N-dealkylation sites (N-methyl/N-ethyl adjacent to an activating group) is 1. The maximum Gasteiger partial charge on any atom is 0.0940 e. The molecule has 0 spiro atoms. The Morgan fingerprint density at radius 3 is 2.78 bits per heavy atom. The van der Waals surface area contributed by atoms with Crippen molar-refractivity contribution < 1.29 is 0 Å². The van der Waals surface area contributed by atoms with Gasteiger partial charge in [0.25, 0.3) is 0 Å². The number of aromatic nitrogens is 1. The standard InChI is InChI=1S/C13H14Cl2N2S/c1-16-11(8-13-17-4-5-18-13)6-9-2-3-10(14)7-12(9)15/h2-5,7,11,16H,6,8H2,1H3. The van der Waals surface area contributed by atoms with E-state index in [1.54, 1.807) is 17.4 Å². The second-order valence-corrected chi connectivity index (χ2v) is 5.88. The van der Waals surface area contributed by atoms with E-state index in [0.717, 1.165) is 28.4 Å². The van der Waals surface area contributed by atoms with E-state index in [4.69, 9.17) is 23.2 Å². The van der Waals surface area contributed by atoms with Crippen molar-refractivity contribution >= 4 is 34.5 Å². The molecule has 2 rings (SSSR count). The number of thiazole rings is 1. The lowest BCUT2D eigenvalue weighted by atomic mass is 10.0. The average molecular weight is 301 g/mol. The summed E-state index contributed by atoms with van der Waals surface area (Å²) in [5, 5.41) is 7.84. The Bertz CT molecular complexity index is 500. The van der Waals surface area contributed by atoms with Crippen LogP contribution in [0.4, 0.5) is 0 Å². The lowest BCUT2D eigenvalue weighted by Gasteiger charge is -2.15. The Hall–Kier alpha value is -0.610. The van der Waals surface area contributed by atoms with Crippen LogP contribution in [-0.4, -0.2) is 18.1 Å².